The lowest BCUT2D eigenvalue weighted by Crippen LogP contribution is -2.32. The number of benzene rings is 2. The summed E-state index contributed by atoms with van der Waals surface area (Å²) >= 11 is 3.41. The molecular weight excluding hydrogens is 366 g/mol. The molecule has 0 saturated heterocycles. The van der Waals surface area contributed by atoms with Crippen LogP contribution in [0.4, 0.5) is 5.69 Å². The number of hydrogen-bond donors (Lipinski definition) is 1. The van der Waals surface area contributed by atoms with Gasteiger partial charge in [0.2, 0.25) is 0 Å². The lowest BCUT2D eigenvalue weighted by Gasteiger charge is -2.20. The van der Waals surface area contributed by atoms with E-state index in [0.717, 1.165) is 28.8 Å². The van der Waals surface area contributed by atoms with Crippen LogP contribution in [0.2, 0.25) is 0 Å². The third-order valence-corrected chi connectivity index (χ3v) is 4.85. The van der Waals surface area contributed by atoms with Crippen LogP contribution in [0.3, 0.4) is 0 Å². The standard InChI is InChI=1S/C20H22BrNO2/c1-2-19(20(23)22-17-9-5-8-16(21)13-17)24-18-11-10-14-6-3-4-7-15(14)12-18/h5,8-13,19H,2-4,6-7H2,1H3,(H,22,23)/t19-/m1/s1. The van der Waals surface area contributed by atoms with Gasteiger partial charge in [-0.15, -0.1) is 0 Å². The van der Waals surface area contributed by atoms with Crippen LogP contribution in [-0.4, -0.2) is 12.0 Å². The van der Waals surface area contributed by atoms with E-state index in [9.17, 15) is 4.79 Å². The van der Waals surface area contributed by atoms with Crippen LogP contribution < -0.4 is 10.1 Å². The molecule has 0 aliphatic heterocycles. The number of hydrogen-bond acceptors (Lipinski definition) is 2. The number of ether oxygens (including phenoxy) is 1. The summed E-state index contributed by atoms with van der Waals surface area (Å²) in [5.41, 5.74) is 3.54. The van der Waals surface area contributed by atoms with Crippen molar-refractivity contribution in [2.75, 3.05) is 5.32 Å². The summed E-state index contributed by atoms with van der Waals surface area (Å²) in [6.07, 6.45) is 4.88. The van der Waals surface area contributed by atoms with Crippen LogP contribution in [0.1, 0.15) is 37.3 Å². The first-order valence-corrected chi connectivity index (χ1v) is 9.30. The average molecular weight is 388 g/mol. The number of aryl methyl sites for hydroxylation is 2. The van der Waals surface area contributed by atoms with Gasteiger partial charge in [-0.25, -0.2) is 0 Å². The van der Waals surface area contributed by atoms with Gasteiger partial charge in [0.15, 0.2) is 6.10 Å². The van der Waals surface area contributed by atoms with Gasteiger partial charge in [0.05, 0.1) is 0 Å². The molecule has 3 rings (SSSR count). The second-order valence-electron chi connectivity index (χ2n) is 6.15. The highest BCUT2D eigenvalue weighted by Crippen LogP contribution is 2.26. The molecule has 0 saturated carbocycles. The van der Waals surface area contributed by atoms with Crippen LogP contribution in [0, 0.1) is 0 Å². The van der Waals surface area contributed by atoms with Crippen LogP contribution in [0.15, 0.2) is 46.9 Å². The summed E-state index contributed by atoms with van der Waals surface area (Å²) < 4.78 is 6.90. The molecule has 0 unspecified atom stereocenters. The lowest BCUT2D eigenvalue weighted by atomic mass is 9.92. The fraction of sp³-hybridized carbons (Fsp3) is 0.350. The molecule has 1 N–H and O–H groups in total. The van der Waals surface area contributed by atoms with Crippen molar-refractivity contribution in [2.45, 2.75) is 45.1 Å². The van der Waals surface area contributed by atoms with E-state index in [1.54, 1.807) is 0 Å². The van der Waals surface area contributed by atoms with E-state index in [1.165, 1.54) is 24.0 Å². The molecule has 0 spiro atoms. The van der Waals surface area contributed by atoms with Gasteiger partial charge in [0, 0.05) is 10.2 Å². The van der Waals surface area contributed by atoms with Gasteiger partial charge in [0.1, 0.15) is 5.75 Å². The molecule has 0 aromatic heterocycles. The maximum atomic E-state index is 12.5. The number of amides is 1. The Morgan fingerprint density at radius 3 is 2.71 bits per heavy atom. The zero-order valence-corrected chi connectivity index (χ0v) is 15.4. The zero-order chi connectivity index (χ0) is 16.9. The van der Waals surface area contributed by atoms with E-state index < -0.39 is 6.10 Å². The second-order valence-corrected chi connectivity index (χ2v) is 7.07. The third kappa shape index (κ3) is 4.18. The Balaban J connectivity index is 1.68. The smallest absolute Gasteiger partial charge is 0.265 e. The minimum atomic E-state index is -0.495. The summed E-state index contributed by atoms with van der Waals surface area (Å²) in [6.45, 7) is 1.96. The van der Waals surface area contributed by atoms with E-state index in [1.807, 2.05) is 37.3 Å². The molecule has 0 fully saturated rings. The summed E-state index contributed by atoms with van der Waals surface area (Å²) in [4.78, 5) is 12.5. The molecular formula is C20H22BrNO2. The van der Waals surface area contributed by atoms with Crippen LogP contribution in [0.5, 0.6) is 5.75 Å². The van der Waals surface area contributed by atoms with Crippen molar-refractivity contribution >= 4 is 27.5 Å². The highest BCUT2D eigenvalue weighted by Gasteiger charge is 2.19. The Hall–Kier alpha value is -1.81. The molecule has 1 aliphatic carbocycles. The zero-order valence-electron chi connectivity index (χ0n) is 13.8. The van der Waals surface area contributed by atoms with E-state index in [2.05, 4.69) is 33.4 Å². The van der Waals surface area contributed by atoms with E-state index >= 15 is 0 Å². The summed E-state index contributed by atoms with van der Waals surface area (Å²) in [7, 11) is 0. The number of halogens is 1. The number of carbonyl (C=O) groups excluding carboxylic acids is 1. The Morgan fingerprint density at radius 2 is 1.96 bits per heavy atom. The summed E-state index contributed by atoms with van der Waals surface area (Å²) in [5.74, 6) is 0.667. The molecule has 2 aromatic rings. The topological polar surface area (TPSA) is 38.3 Å². The maximum Gasteiger partial charge on any atom is 0.265 e. The minimum absolute atomic E-state index is 0.117. The highest BCUT2D eigenvalue weighted by atomic mass is 79.9. The monoisotopic (exact) mass is 387 g/mol. The summed E-state index contributed by atoms with van der Waals surface area (Å²) in [6, 6.07) is 13.8. The SMILES string of the molecule is CC[C@@H](Oc1ccc2c(c1)CCCC2)C(=O)Nc1cccc(Br)c1. The predicted octanol–water partition coefficient (Wildman–Crippen LogP) is 5.12. The van der Waals surface area contributed by atoms with Crippen LogP contribution in [-0.2, 0) is 17.6 Å². The molecule has 1 aliphatic rings. The molecule has 4 heteroatoms. The normalized spacial score (nSPS) is 14.6. The Morgan fingerprint density at radius 1 is 1.17 bits per heavy atom. The predicted molar refractivity (Wildman–Crippen MR) is 101 cm³/mol. The number of carbonyl (C=O) groups is 1. The fourth-order valence-corrected chi connectivity index (χ4v) is 3.46. The molecule has 0 radical (unpaired) electrons. The van der Waals surface area contributed by atoms with Crippen molar-refractivity contribution < 1.29 is 9.53 Å². The van der Waals surface area contributed by atoms with Crippen LogP contribution >= 0.6 is 15.9 Å². The largest absolute Gasteiger partial charge is 0.481 e. The van der Waals surface area contributed by atoms with E-state index in [0.29, 0.717) is 6.42 Å². The Bertz CT molecular complexity index is 729. The number of nitrogens with one attached hydrogen (secondary N) is 1. The molecule has 0 bridgehead atoms. The van der Waals surface area contributed by atoms with Gasteiger partial charge in [0.25, 0.3) is 5.91 Å². The van der Waals surface area contributed by atoms with Gasteiger partial charge in [-0.1, -0.05) is 35.0 Å². The molecule has 1 amide bonds. The van der Waals surface area contributed by atoms with Crippen molar-refractivity contribution in [1.82, 2.24) is 0 Å². The second kappa shape index (κ2) is 7.84. The maximum absolute atomic E-state index is 12.5. The third-order valence-electron chi connectivity index (χ3n) is 4.35. The molecule has 2 aromatic carbocycles. The first-order chi connectivity index (χ1) is 11.7. The van der Waals surface area contributed by atoms with Gasteiger partial charge >= 0.3 is 0 Å². The van der Waals surface area contributed by atoms with Crippen molar-refractivity contribution in [3.05, 3.63) is 58.1 Å². The Kier molecular flexibility index (Phi) is 5.56. The number of fused-ring (bicyclic) bond motifs is 1. The van der Waals surface area contributed by atoms with Crippen molar-refractivity contribution in [2.24, 2.45) is 0 Å². The van der Waals surface area contributed by atoms with Crippen molar-refractivity contribution in [3.63, 3.8) is 0 Å². The molecule has 24 heavy (non-hydrogen) atoms. The van der Waals surface area contributed by atoms with Gasteiger partial charge in [-0.2, -0.15) is 0 Å². The van der Waals surface area contributed by atoms with E-state index in [4.69, 9.17) is 4.74 Å². The molecule has 126 valence electrons. The molecule has 0 heterocycles. The molecule has 3 nitrogen and oxygen atoms in total. The minimum Gasteiger partial charge on any atom is -0.481 e. The molecule has 1 atom stereocenters. The average Bonchev–Trinajstić information content (AvgIpc) is 2.59. The van der Waals surface area contributed by atoms with Gasteiger partial charge in [-0.05, 0) is 73.6 Å². The van der Waals surface area contributed by atoms with Gasteiger partial charge in [-0.3, -0.25) is 4.79 Å². The van der Waals surface area contributed by atoms with Crippen molar-refractivity contribution in [3.8, 4) is 5.75 Å². The van der Waals surface area contributed by atoms with E-state index in [-0.39, 0.29) is 5.91 Å². The summed E-state index contributed by atoms with van der Waals surface area (Å²) in [5, 5.41) is 2.92. The Labute approximate surface area is 151 Å². The first-order valence-electron chi connectivity index (χ1n) is 8.50. The highest BCUT2D eigenvalue weighted by molar-refractivity contribution is 9.10. The van der Waals surface area contributed by atoms with Crippen molar-refractivity contribution in [1.29, 1.82) is 0 Å². The van der Waals surface area contributed by atoms with Gasteiger partial charge < -0.3 is 10.1 Å². The first kappa shape index (κ1) is 17.0. The number of anilines is 1. The lowest BCUT2D eigenvalue weighted by molar-refractivity contribution is -0.122. The quantitative estimate of drug-likeness (QED) is 0.772. The fourth-order valence-electron chi connectivity index (χ4n) is 3.06. The number of rotatable bonds is 5. The van der Waals surface area contributed by atoms with Crippen LogP contribution in [0.25, 0.3) is 0 Å².